The second kappa shape index (κ2) is 4.01. The summed E-state index contributed by atoms with van der Waals surface area (Å²) in [7, 11) is 3.10. The monoisotopic (exact) mass is 162 g/mol. The first-order valence-electron chi connectivity index (χ1n) is 3.65. The molecule has 1 rings (SSSR count). The van der Waals surface area contributed by atoms with E-state index in [0.29, 0.717) is 12.8 Å². The van der Waals surface area contributed by atoms with Crippen molar-refractivity contribution in [1.29, 1.82) is 0 Å². The van der Waals surface area contributed by atoms with E-state index in [1.807, 2.05) is 0 Å². The van der Waals surface area contributed by atoms with Gasteiger partial charge in [-0.05, 0) is 0 Å². The van der Waals surface area contributed by atoms with Crippen molar-refractivity contribution in [3.63, 3.8) is 0 Å². The van der Waals surface area contributed by atoms with Crippen LogP contribution >= 0.6 is 0 Å². The summed E-state index contributed by atoms with van der Waals surface area (Å²) in [6.45, 7) is 0. The zero-order chi connectivity index (χ0) is 8.27. The Morgan fingerprint density at radius 3 is 2.00 bits per heavy atom. The minimum atomic E-state index is -0.376. The summed E-state index contributed by atoms with van der Waals surface area (Å²) in [5.41, 5.74) is 0. The van der Waals surface area contributed by atoms with Crippen LogP contribution in [0.4, 0.5) is 0 Å². The van der Waals surface area contributed by atoms with E-state index in [-0.39, 0.29) is 18.7 Å². The molecular weight excluding hydrogens is 148 g/mol. The van der Waals surface area contributed by atoms with E-state index in [9.17, 15) is 5.11 Å². The molecule has 4 nitrogen and oxygen atoms in total. The molecule has 1 N–H and O–H groups in total. The maximum Gasteiger partial charge on any atom is 0.162 e. The van der Waals surface area contributed by atoms with Crippen molar-refractivity contribution >= 4 is 0 Å². The number of aliphatic hydroxyl groups is 1. The second-order valence-corrected chi connectivity index (χ2v) is 2.59. The Hall–Kier alpha value is -0.160. The van der Waals surface area contributed by atoms with Gasteiger partial charge in [0.15, 0.2) is 12.6 Å². The molecule has 1 saturated heterocycles. The lowest BCUT2D eigenvalue weighted by Gasteiger charge is -2.30. The highest BCUT2D eigenvalue weighted by Gasteiger charge is 2.27. The first kappa shape index (κ1) is 8.93. The summed E-state index contributed by atoms with van der Waals surface area (Å²) in [6, 6.07) is 0. The first-order valence-corrected chi connectivity index (χ1v) is 3.65. The highest BCUT2D eigenvalue weighted by Crippen LogP contribution is 2.19. The zero-order valence-corrected chi connectivity index (χ0v) is 6.82. The molecule has 1 heterocycles. The number of ether oxygens (including phenoxy) is 3. The van der Waals surface area contributed by atoms with Gasteiger partial charge in [-0.25, -0.2) is 0 Å². The summed E-state index contributed by atoms with van der Waals surface area (Å²) in [5.74, 6) is 0. The molecule has 0 aliphatic carbocycles. The van der Waals surface area contributed by atoms with E-state index in [4.69, 9.17) is 14.2 Å². The Morgan fingerprint density at radius 2 is 1.64 bits per heavy atom. The summed E-state index contributed by atoms with van der Waals surface area (Å²) in [4.78, 5) is 0. The fourth-order valence-corrected chi connectivity index (χ4v) is 1.12. The Balaban J connectivity index is 2.37. The molecule has 1 aliphatic rings. The molecule has 0 aromatic heterocycles. The van der Waals surface area contributed by atoms with Crippen molar-refractivity contribution in [2.75, 3.05) is 14.2 Å². The largest absolute Gasteiger partial charge is 0.393 e. The Morgan fingerprint density at radius 1 is 1.18 bits per heavy atom. The third-order valence-corrected chi connectivity index (χ3v) is 1.76. The minimum Gasteiger partial charge on any atom is -0.393 e. The Bertz CT molecular complexity index is 105. The lowest BCUT2D eigenvalue weighted by atomic mass is 10.1. The molecule has 11 heavy (non-hydrogen) atoms. The van der Waals surface area contributed by atoms with Gasteiger partial charge in [-0.3, -0.25) is 0 Å². The van der Waals surface area contributed by atoms with E-state index in [1.165, 1.54) is 0 Å². The van der Waals surface area contributed by atoms with Gasteiger partial charge in [-0.1, -0.05) is 0 Å². The van der Waals surface area contributed by atoms with Gasteiger partial charge in [0.2, 0.25) is 0 Å². The average Bonchev–Trinajstić information content (AvgIpc) is 2.03. The molecule has 0 aromatic rings. The molecule has 3 atom stereocenters. The van der Waals surface area contributed by atoms with Gasteiger partial charge in [0.25, 0.3) is 0 Å². The molecule has 0 amide bonds. The molecule has 1 aliphatic heterocycles. The van der Waals surface area contributed by atoms with Gasteiger partial charge in [-0.2, -0.15) is 0 Å². The standard InChI is InChI=1S/C7H14O4/c1-9-6-3-5(8)4-7(10-2)11-6/h5-8H,3-4H2,1-2H3/t5-,6-,7+. The van der Waals surface area contributed by atoms with Gasteiger partial charge in [0.05, 0.1) is 6.10 Å². The van der Waals surface area contributed by atoms with Crippen molar-refractivity contribution < 1.29 is 19.3 Å². The van der Waals surface area contributed by atoms with Crippen LogP contribution in [0.15, 0.2) is 0 Å². The van der Waals surface area contributed by atoms with Crippen molar-refractivity contribution in [2.45, 2.75) is 31.5 Å². The van der Waals surface area contributed by atoms with Crippen molar-refractivity contribution in [3.05, 3.63) is 0 Å². The summed E-state index contributed by atoms with van der Waals surface area (Å²) in [5, 5.41) is 9.27. The van der Waals surface area contributed by atoms with Crippen LogP contribution in [0.3, 0.4) is 0 Å². The van der Waals surface area contributed by atoms with E-state index in [1.54, 1.807) is 14.2 Å². The van der Waals surface area contributed by atoms with Gasteiger partial charge in [-0.15, -0.1) is 0 Å². The molecule has 66 valence electrons. The van der Waals surface area contributed by atoms with Crippen molar-refractivity contribution in [1.82, 2.24) is 0 Å². The predicted octanol–water partition coefficient (Wildman–Crippen LogP) is 0.103. The molecule has 0 spiro atoms. The second-order valence-electron chi connectivity index (χ2n) is 2.59. The fourth-order valence-electron chi connectivity index (χ4n) is 1.12. The summed E-state index contributed by atoms with van der Waals surface area (Å²) >= 11 is 0. The lowest BCUT2D eigenvalue weighted by molar-refractivity contribution is -0.269. The lowest BCUT2D eigenvalue weighted by Crippen LogP contribution is -2.37. The Labute approximate surface area is 66.1 Å². The van der Waals surface area contributed by atoms with Gasteiger partial charge < -0.3 is 19.3 Å². The molecule has 1 fully saturated rings. The number of rotatable bonds is 2. The predicted molar refractivity (Wildman–Crippen MR) is 37.9 cm³/mol. The van der Waals surface area contributed by atoms with Crippen molar-refractivity contribution in [3.8, 4) is 0 Å². The van der Waals surface area contributed by atoms with E-state index < -0.39 is 0 Å². The third kappa shape index (κ3) is 2.41. The molecule has 0 bridgehead atoms. The quantitative estimate of drug-likeness (QED) is 0.625. The first-order chi connectivity index (χ1) is 5.26. The molecule has 0 saturated carbocycles. The highest BCUT2D eigenvalue weighted by molar-refractivity contribution is 4.67. The van der Waals surface area contributed by atoms with E-state index in [0.717, 1.165) is 0 Å². The van der Waals surface area contributed by atoms with Crippen LogP contribution in [0.25, 0.3) is 0 Å². The summed E-state index contributed by atoms with van der Waals surface area (Å²) in [6.07, 6.45) is 0.0123. The summed E-state index contributed by atoms with van der Waals surface area (Å²) < 4.78 is 15.1. The maximum atomic E-state index is 9.27. The van der Waals surface area contributed by atoms with Gasteiger partial charge >= 0.3 is 0 Å². The highest BCUT2D eigenvalue weighted by atomic mass is 16.8. The Kier molecular flexibility index (Phi) is 3.26. The van der Waals surface area contributed by atoms with E-state index >= 15 is 0 Å². The minimum absolute atomic E-state index is 0.330. The number of methoxy groups -OCH3 is 2. The number of hydrogen-bond acceptors (Lipinski definition) is 4. The van der Waals surface area contributed by atoms with Gasteiger partial charge in [0.1, 0.15) is 0 Å². The number of hydrogen-bond donors (Lipinski definition) is 1. The molecule has 0 radical (unpaired) electrons. The van der Waals surface area contributed by atoms with Crippen LogP contribution < -0.4 is 0 Å². The molecule has 0 unspecified atom stereocenters. The molecule has 4 heteroatoms. The normalized spacial score (nSPS) is 39.0. The average molecular weight is 162 g/mol. The third-order valence-electron chi connectivity index (χ3n) is 1.76. The molecule has 0 aromatic carbocycles. The van der Waals surface area contributed by atoms with Crippen LogP contribution in [0.5, 0.6) is 0 Å². The zero-order valence-electron chi connectivity index (χ0n) is 6.82. The smallest absolute Gasteiger partial charge is 0.162 e. The number of aliphatic hydroxyl groups excluding tert-OH is 1. The van der Waals surface area contributed by atoms with Crippen LogP contribution in [-0.2, 0) is 14.2 Å². The fraction of sp³-hybridized carbons (Fsp3) is 1.00. The van der Waals surface area contributed by atoms with E-state index in [2.05, 4.69) is 0 Å². The topological polar surface area (TPSA) is 47.9 Å². The van der Waals surface area contributed by atoms with Crippen LogP contribution in [-0.4, -0.2) is 38.0 Å². The van der Waals surface area contributed by atoms with Gasteiger partial charge in [0, 0.05) is 27.1 Å². The maximum absolute atomic E-state index is 9.27. The van der Waals surface area contributed by atoms with Crippen LogP contribution in [0.1, 0.15) is 12.8 Å². The van der Waals surface area contributed by atoms with Crippen LogP contribution in [0, 0.1) is 0 Å². The molecular formula is C7H14O4. The van der Waals surface area contributed by atoms with Crippen LogP contribution in [0.2, 0.25) is 0 Å². The van der Waals surface area contributed by atoms with Crippen molar-refractivity contribution in [2.24, 2.45) is 0 Å². The SMILES string of the molecule is CO[C@H]1C[C@@H](O)C[C@@H](OC)O1.